The molecule has 0 atom stereocenters. The monoisotopic (exact) mass is 267 g/mol. The Morgan fingerprint density at radius 2 is 1.85 bits per heavy atom. The first-order valence-electron chi connectivity index (χ1n) is 6.61. The molecule has 0 aliphatic heterocycles. The third kappa shape index (κ3) is 2.22. The minimum absolute atomic E-state index is 0.733. The Bertz CT molecular complexity index is 746. The number of aromatic nitrogens is 4. The third-order valence-corrected chi connectivity index (χ3v) is 3.26. The zero-order chi connectivity index (χ0) is 14.1. The lowest BCUT2D eigenvalue weighted by molar-refractivity contribution is 0.782. The van der Waals surface area contributed by atoms with Crippen LogP contribution in [0.2, 0.25) is 0 Å². The number of benzene rings is 1. The van der Waals surface area contributed by atoms with Crippen molar-refractivity contribution in [3.8, 4) is 0 Å². The van der Waals surface area contributed by atoms with Gasteiger partial charge in [-0.2, -0.15) is 5.10 Å². The Hall–Kier alpha value is -2.43. The van der Waals surface area contributed by atoms with Gasteiger partial charge in [-0.15, -0.1) is 0 Å². The number of rotatable bonds is 3. The topological polar surface area (TPSA) is 55.6 Å². The number of anilines is 1. The molecule has 1 N–H and O–H groups in total. The highest BCUT2D eigenvalue weighted by molar-refractivity contribution is 5.87. The summed E-state index contributed by atoms with van der Waals surface area (Å²) in [5.41, 5.74) is 4.01. The van der Waals surface area contributed by atoms with E-state index in [0.29, 0.717) is 0 Å². The molecule has 2 aromatic heterocycles. The molecule has 0 amide bonds. The van der Waals surface area contributed by atoms with E-state index < -0.39 is 0 Å². The van der Waals surface area contributed by atoms with E-state index in [4.69, 9.17) is 0 Å². The van der Waals surface area contributed by atoms with Crippen LogP contribution in [-0.4, -0.2) is 19.7 Å². The van der Waals surface area contributed by atoms with Crippen LogP contribution in [0, 0.1) is 13.8 Å². The summed E-state index contributed by atoms with van der Waals surface area (Å²) in [6.07, 6.45) is 0. The lowest BCUT2D eigenvalue weighted by atomic mass is 10.2. The van der Waals surface area contributed by atoms with Gasteiger partial charge >= 0.3 is 0 Å². The summed E-state index contributed by atoms with van der Waals surface area (Å²) in [5, 5.41) is 7.81. The molecule has 3 aromatic rings. The molecule has 0 aliphatic rings. The molecule has 0 radical (unpaired) electrons. The first kappa shape index (κ1) is 12.6. The van der Waals surface area contributed by atoms with Crippen LogP contribution in [0.1, 0.15) is 17.1 Å². The van der Waals surface area contributed by atoms with Gasteiger partial charge in [-0.1, -0.05) is 30.3 Å². The molecule has 5 nitrogen and oxygen atoms in total. The summed E-state index contributed by atoms with van der Waals surface area (Å²) in [6, 6.07) is 10.3. The smallest absolute Gasteiger partial charge is 0.156 e. The molecule has 0 saturated heterocycles. The van der Waals surface area contributed by atoms with Crippen molar-refractivity contribution in [3.05, 3.63) is 47.4 Å². The van der Waals surface area contributed by atoms with Gasteiger partial charge in [0.1, 0.15) is 16.9 Å². The normalized spacial score (nSPS) is 10.9. The van der Waals surface area contributed by atoms with Crippen LogP contribution in [0.4, 0.5) is 5.82 Å². The quantitative estimate of drug-likeness (QED) is 0.792. The first-order chi connectivity index (χ1) is 9.65. The van der Waals surface area contributed by atoms with E-state index in [1.54, 1.807) is 0 Å². The number of nitrogens with zero attached hydrogens (tertiary/aromatic N) is 4. The highest BCUT2D eigenvalue weighted by Gasteiger charge is 2.13. The minimum Gasteiger partial charge on any atom is -0.364 e. The second-order valence-electron chi connectivity index (χ2n) is 4.86. The summed E-state index contributed by atoms with van der Waals surface area (Å²) in [6.45, 7) is 4.60. The fourth-order valence-corrected chi connectivity index (χ4v) is 2.35. The van der Waals surface area contributed by atoms with E-state index in [-0.39, 0.29) is 0 Å². The Labute approximate surface area is 117 Å². The zero-order valence-corrected chi connectivity index (χ0v) is 11.9. The second kappa shape index (κ2) is 4.92. The molecule has 3 rings (SSSR count). The maximum Gasteiger partial charge on any atom is 0.156 e. The van der Waals surface area contributed by atoms with Crippen LogP contribution in [-0.2, 0) is 13.6 Å². The van der Waals surface area contributed by atoms with Crippen molar-refractivity contribution in [3.63, 3.8) is 0 Å². The van der Waals surface area contributed by atoms with Crippen LogP contribution >= 0.6 is 0 Å². The molecule has 5 heteroatoms. The Kier molecular flexibility index (Phi) is 3.10. The maximum absolute atomic E-state index is 4.51. The molecule has 0 spiro atoms. The largest absolute Gasteiger partial charge is 0.364 e. The van der Waals surface area contributed by atoms with E-state index in [1.807, 2.05) is 43.8 Å². The first-order valence-corrected chi connectivity index (χ1v) is 6.61. The molecule has 2 heterocycles. The van der Waals surface area contributed by atoms with Gasteiger partial charge < -0.3 is 5.32 Å². The van der Waals surface area contributed by atoms with Crippen LogP contribution in [0.25, 0.3) is 11.0 Å². The van der Waals surface area contributed by atoms with Gasteiger partial charge in [0.15, 0.2) is 5.82 Å². The van der Waals surface area contributed by atoms with Gasteiger partial charge in [0.2, 0.25) is 0 Å². The molecule has 0 fully saturated rings. The Morgan fingerprint density at radius 1 is 1.10 bits per heavy atom. The summed E-state index contributed by atoms with van der Waals surface area (Å²) in [5.74, 6) is 1.59. The fourth-order valence-electron chi connectivity index (χ4n) is 2.35. The van der Waals surface area contributed by atoms with Crippen molar-refractivity contribution in [1.29, 1.82) is 0 Å². The van der Waals surface area contributed by atoms with Crippen LogP contribution in [0.3, 0.4) is 0 Å². The molecule has 1 aromatic carbocycles. The van der Waals surface area contributed by atoms with Gasteiger partial charge in [0.05, 0.1) is 5.69 Å². The zero-order valence-electron chi connectivity index (χ0n) is 11.9. The molecule has 0 aliphatic carbocycles. The van der Waals surface area contributed by atoms with Crippen molar-refractivity contribution >= 4 is 16.9 Å². The lowest BCUT2D eigenvalue weighted by Gasteiger charge is -2.08. The molecule has 20 heavy (non-hydrogen) atoms. The summed E-state index contributed by atoms with van der Waals surface area (Å²) in [7, 11) is 1.92. The lowest BCUT2D eigenvalue weighted by Crippen LogP contribution is -2.05. The number of hydrogen-bond donors (Lipinski definition) is 1. The fraction of sp³-hybridized carbons (Fsp3) is 0.267. The Morgan fingerprint density at radius 3 is 2.60 bits per heavy atom. The number of nitrogens with one attached hydrogen (secondary N) is 1. The van der Waals surface area contributed by atoms with Crippen LogP contribution < -0.4 is 5.32 Å². The van der Waals surface area contributed by atoms with Gasteiger partial charge in [-0.25, -0.2) is 9.97 Å². The van der Waals surface area contributed by atoms with Gasteiger partial charge in [0, 0.05) is 13.6 Å². The summed E-state index contributed by atoms with van der Waals surface area (Å²) in [4.78, 5) is 8.98. The van der Waals surface area contributed by atoms with Crippen molar-refractivity contribution in [2.24, 2.45) is 7.05 Å². The van der Waals surface area contributed by atoms with E-state index in [1.165, 1.54) is 5.56 Å². The third-order valence-electron chi connectivity index (χ3n) is 3.26. The van der Waals surface area contributed by atoms with E-state index in [0.717, 1.165) is 34.9 Å². The van der Waals surface area contributed by atoms with Crippen molar-refractivity contribution < 1.29 is 0 Å². The average Bonchev–Trinajstić information content (AvgIpc) is 2.72. The predicted octanol–water partition coefficient (Wildman–Crippen LogP) is 2.59. The minimum atomic E-state index is 0.733. The summed E-state index contributed by atoms with van der Waals surface area (Å²) >= 11 is 0. The predicted molar refractivity (Wildman–Crippen MR) is 79.5 cm³/mol. The second-order valence-corrected chi connectivity index (χ2v) is 4.86. The number of fused-ring (bicyclic) bond motifs is 1. The van der Waals surface area contributed by atoms with E-state index in [9.17, 15) is 0 Å². The molecule has 0 saturated carbocycles. The summed E-state index contributed by atoms with van der Waals surface area (Å²) < 4.78 is 1.83. The molecule has 102 valence electrons. The van der Waals surface area contributed by atoms with Gasteiger partial charge in [-0.3, -0.25) is 4.68 Å². The SMILES string of the molecule is Cc1nc(NCc2ccccc2)c2c(n1)c(C)nn2C. The van der Waals surface area contributed by atoms with Crippen LogP contribution in [0.5, 0.6) is 0 Å². The maximum atomic E-state index is 4.51. The standard InChI is InChI=1S/C15H17N5/c1-10-13-14(20(3)19-10)15(18-11(2)17-13)16-9-12-7-5-4-6-8-12/h4-8H,9H2,1-3H3,(H,16,17,18). The van der Waals surface area contributed by atoms with Crippen molar-refractivity contribution in [1.82, 2.24) is 19.7 Å². The molecule has 0 bridgehead atoms. The highest BCUT2D eigenvalue weighted by atomic mass is 15.3. The van der Waals surface area contributed by atoms with E-state index >= 15 is 0 Å². The van der Waals surface area contributed by atoms with Crippen molar-refractivity contribution in [2.75, 3.05) is 5.32 Å². The molecular formula is C15H17N5. The van der Waals surface area contributed by atoms with Crippen molar-refractivity contribution in [2.45, 2.75) is 20.4 Å². The Balaban J connectivity index is 1.98. The van der Waals surface area contributed by atoms with Crippen LogP contribution in [0.15, 0.2) is 30.3 Å². The van der Waals surface area contributed by atoms with Gasteiger partial charge in [0.25, 0.3) is 0 Å². The van der Waals surface area contributed by atoms with E-state index in [2.05, 4.69) is 32.5 Å². The average molecular weight is 267 g/mol. The highest BCUT2D eigenvalue weighted by Crippen LogP contribution is 2.22. The number of aryl methyl sites for hydroxylation is 3. The molecular weight excluding hydrogens is 250 g/mol. The molecule has 0 unspecified atom stereocenters. The number of hydrogen-bond acceptors (Lipinski definition) is 4. The van der Waals surface area contributed by atoms with Gasteiger partial charge in [-0.05, 0) is 19.4 Å².